The van der Waals surface area contributed by atoms with Crippen molar-refractivity contribution < 1.29 is 4.79 Å². The van der Waals surface area contributed by atoms with Crippen LogP contribution in [0.15, 0.2) is 12.3 Å². The number of urea groups is 1. The van der Waals surface area contributed by atoms with Gasteiger partial charge in [-0.3, -0.25) is 5.32 Å². The number of amides is 2. The zero-order valence-corrected chi connectivity index (χ0v) is 11.1. The maximum atomic E-state index is 11.9. The van der Waals surface area contributed by atoms with Crippen molar-refractivity contribution in [3.63, 3.8) is 0 Å². The van der Waals surface area contributed by atoms with Crippen molar-refractivity contribution in [2.24, 2.45) is 0 Å². The van der Waals surface area contributed by atoms with Gasteiger partial charge in [0.05, 0.1) is 6.20 Å². The molecule has 1 saturated carbocycles. The second-order valence-corrected chi connectivity index (χ2v) is 5.19. The molecule has 0 spiro atoms. The van der Waals surface area contributed by atoms with Gasteiger partial charge in [-0.25, -0.2) is 9.48 Å². The van der Waals surface area contributed by atoms with Crippen molar-refractivity contribution in [3.05, 3.63) is 12.3 Å². The third-order valence-corrected chi connectivity index (χ3v) is 3.34. The van der Waals surface area contributed by atoms with Gasteiger partial charge in [0.25, 0.3) is 0 Å². The van der Waals surface area contributed by atoms with Crippen LogP contribution in [0.25, 0.3) is 0 Å². The molecular weight excluding hydrogens is 228 g/mol. The van der Waals surface area contributed by atoms with Crippen molar-refractivity contribution in [1.82, 2.24) is 15.1 Å². The van der Waals surface area contributed by atoms with Crippen molar-refractivity contribution in [3.8, 4) is 0 Å². The van der Waals surface area contributed by atoms with Crippen molar-refractivity contribution in [2.45, 2.75) is 58.0 Å². The first kappa shape index (κ1) is 12.9. The molecule has 5 nitrogen and oxygen atoms in total. The molecule has 5 heteroatoms. The lowest BCUT2D eigenvalue weighted by atomic mass is 9.96. The van der Waals surface area contributed by atoms with Crippen LogP contribution in [0.1, 0.15) is 52.0 Å². The average molecular weight is 250 g/mol. The first-order valence-corrected chi connectivity index (χ1v) is 6.78. The summed E-state index contributed by atoms with van der Waals surface area (Å²) in [6.45, 7) is 4.08. The maximum Gasteiger partial charge on any atom is 0.320 e. The molecule has 0 atom stereocenters. The molecule has 0 bridgehead atoms. The quantitative estimate of drug-likeness (QED) is 0.866. The van der Waals surface area contributed by atoms with E-state index >= 15 is 0 Å². The van der Waals surface area contributed by atoms with Gasteiger partial charge in [-0.2, -0.15) is 5.10 Å². The highest BCUT2D eigenvalue weighted by atomic mass is 16.2. The van der Waals surface area contributed by atoms with Gasteiger partial charge in [-0.15, -0.1) is 0 Å². The molecule has 18 heavy (non-hydrogen) atoms. The summed E-state index contributed by atoms with van der Waals surface area (Å²) in [7, 11) is 0. The fourth-order valence-corrected chi connectivity index (χ4v) is 2.41. The number of nitrogens with one attached hydrogen (secondary N) is 2. The predicted octanol–water partition coefficient (Wildman–Crippen LogP) is 2.92. The molecule has 1 aliphatic rings. The van der Waals surface area contributed by atoms with Gasteiger partial charge in [0.15, 0.2) is 0 Å². The minimum absolute atomic E-state index is 0.121. The molecule has 1 aromatic rings. The Bertz CT molecular complexity index is 393. The van der Waals surface area contributed by atoms with Crippen LogP contribution in [-0.4, -0.2) is 21.9 Å². The van der Waals surface area contributed by atoms with E-state index in [1.54, 1.807) is 10.9 Å². The fraction of sp³-hybridized carbons (Fsp3) is 0.692. The molecule has 1 aromatic heterocycles. The number of aromatic nitrogens is 2. The van der Waals surface area contributed by atoms with E-state index in [2.05, 4.69) is 15.7 Å². The molecule has 2 amide bonds. The Hall–Kier alpha value is -1.52. The van der Waals surface area contributed by atoms with E-state index in [0.29, 0.717) is 6.04 Å². The number of rotatable bonds is 3. The van der Waals surface area contributed by atoms with E-state index in [-0.39, 0.29) is 12.1 Å². The molecule has 1 aliphatic carbocycles. The fourth-order valence-electron chi connectivity index (χ4n) is 2.41. The summed E-state index contributed by atoms with van der Waals surface area (Å²) in [5.74, 6) is 0.748. The summed E-state index contributed by atoms with van der Waals surface area (Å²) < 4.78 is 1.81. The molecule has 1 fully saturated rings. The van der Waals surface area contributed by atoms with E-state index in [0.717, 1.165) is 18.7 Å². The van der Waals surface area contributed by atoms with Crippen LogP contribution >= 0.6 is 0 Å². The Morgan fingerprint density at radius 2 is 2.11 bits per heavy atom. The Balaban J connectivity index is 1.88. The van der Waals surface area contributed by atoms with E-state index in [1.165, 1.54) is 19.3 Å². The highest BCUT2D eigenvalue weighted by Crippen LogP contribution is 2.18. The standard InChI is InChI=1S/C13H22N4O/c1-10(2)17-12(8-9-14-17)16-13(18)15-11-6-4-3-5-7-11/h8-11H,3-7H2,1-2H3,(H2,15,16,18). The molecule has 0 unspecified atom stereocenters. The largest absolute Gasteiger partial charge is 0.335 e. The van der Waals surface area contributed by atoms with Crippen LogP contribution in [0.3, 0.4) is 0 Å². The van der Waals surface area contributed by atoms with Crippen LogP contribution < -0.4 is 10.6 Å². The Kier molecular flexibility index (Phi) is 4.23. The van der Waals surface area contributed by atoms with E-state index in [4.69, 9.17) is 0 Å². The van der Waals surface area contributed by atoms with Gasteiger partial charge in [0.1, 0.15) is 5.82 Å². The van der Waals surface area contributed by atoms with Gasteiger partial charge >= 0.3 is 6.03 Å². The normalized spacial score (nSPS) is 16.8. The third-order valence-electron chi connectivity index (χ3n) is 3.34. The number of nitrogens with zero attached hydrogens (tertiary/aromatic N) is 2. The monoisotopic (exact) mass is 250 g/mol. The average Bonchev–Trinajstić information content (AvgIpc) is 2.78. The molecule has 0 saturated heterocycles. The topological polar surface area (TPSA) is 59.0 Å². The SMILES string of the molecule is CC(C)n1nccc1NC(=O)NC1CCCCC1. The number of anilines is 1. The third kappa shape index (κ3) is 3.24. The molecule has 100 valence electrons. The second kappa shape index (κ2) is 5.89. The molecule has 2 N–H and O–H groups in total. The van der Waals surface area contributed by atoms with Crippen molar-refractivity contribution in [1.29, 1.82) is 0 Å². The lowest BCUT2D eigenvalue weighted by Gasteiger charge is -2.23. The van der Waals surface area contributed by atoms with Crippen molar-refractivity contribution >= 4 is 11.8 Å². The highest BCUT2D eigenvalue weighted by molar-refractivity contribution is 5.88. The number of carbonyl (C=O) groups excluding carboxylic acids is 1. The van der Waals surface area contributed by atoms with Gasteiger partial charge < -0.3 is 5.32 Å². The summed E-state index contributed by atoms with van der Waals surface area (Å²) in [5, 5.41) is 10.1. The van der Waals surface area contributed by atoms with Gasteiger partial charge in [-0.1, -0.05) is 19.3 Å². The molecule has 0 aliphatic heterocycles. The van der Waals surface area contributed by atoms with Gasteiger partial charge in [0.2, 0.25) is 0 Å². The molecular formula is C13H22N4O. The van der Waals surface area contributed by atoms with E-state index in [1.807, 2.05) is 19.9 Å². The lowest BCUT2D eigenvalue weighted by Crippen LogP contribution is -2.39. The Morgan fingerprint density at radius 3 is 2.78 bits per heavy atom. The first-order chi connectivity index (χ1) is 8.66. The summed E-state index contributed by atoms with van der Waals surface area (Å²) in [5.41, 5.74) is 0. The zero-order valence-electron chi connectivity index (χ0n) is 11.1. The molecule has 0 radical (unpaired) electrons. The smallest absolute Gasteiger partial charge is 0.320 e. The highest BCUT2D eigenvalue weighted by Gasteiger charge is 2.16. The maximum absolute atomic E-state index is 11.9. The second-order valence-electron chi connectivity index (χ2n) is 5.19. The first-order valence-electron chi connectivity index (χ1n) is 6.78. The summed E-state index contributed by atoms with van der Waals surface area (Å²) in [6.07, 6.45) is 7.62. The number of carbonyl (C=O) groups is 1. The van der Waals surface area contributed by atoms with Crippen LogP contribution in [0.4, 0.5) is 10.6 Å². The Labute approximate surface area is 108 Å². The number of hydrogen-bond acceptors (Lipinski definition) is 2. The van der Waals surface area contributed by atoms with Crippen LogP contribution in [0.5, 0.6) is 0 Å². The van der Waals surface area contributed by atoms with Crippen molar-refractivity contribution in [2.75, 3.05) is 5.32 Å². The minimum Gasteiger partial charge on any atom is -0.335 e. The van der Waals surface area contributed by atoms with Crippen LogP contribution in [-0.2, 0) is 0 Å². The van der Waals surface area contributed by atoms with E-state index in [9.17, 15) is 4.79 Å². The van der Waals surface area contributed by atoms with E-state index < -0.39 is 0 Å². The molecule has 0 aromatic carbocycles. The zero-order chi connectivity index (χ0) is 13.0. The molecule has 2 rings (SSSR count). The summed E-state index contributed by atoms with van der Waals surface area (Å²) >= 11 is 0. The molecule has 1 heterocycles. The lowest BCUT2D eigenvalue weighted by molar-refractivity contribution is 0.244. The summed E-state index contributed by atoms with van der Waals surface area (Å²) in [6, 6.07) is 2.27. The van der Waals surface area contributed by atoms with Crippen LogP contribution in [0, 0.1) is 0 Å². The minimum atomic E-state index is -0.121. The number of hydrogen-bond donors (Lipinski definition) is 2. The van der Waals surface area contributed by atoms with Gasteiger partial charge in [0, 0.05) is 18.2 Å². The van der Waals surface area contributed by atoms with Crippen LogP contribution in [0.2, 0.25) is 0 Å². The predicted molar refractivity (Wildman–Crippen MR) is 71.6 cm³/mol. The van der Waals surface area contributed by atoms with Gasteiger partial charge in [-0.05, 0) is 26.7 Å². The Morgan fingerprint density at radius 1 is 1.39 bits per heavy atom. The summed E-state index contributed by atoms with van der Waals surface area (Å²) in [4.78, 5) is 11.9.